The van der Waals surface area contributed by atoms with Crippen molar-refractivity contribution in [3.63, 3.8) is 0 Å². The lowest BCUT2D eigenvalue weighted by Crippen LogP contribution is -2.22. The molecule has 3 rings (SSSR count). The normalized spacial score (nSPS) is 12.9. The third-order valence-electron chi connectivity index (χ3n) is 5.00. The van der Waals surface area contributed by atoms with Gasteiger partial charge in [-0.25, -0.2) is 0 Å². The molecule has 0 aliphatic rings. The number of hydrogen-bond donors (Lipinski definition) is 2. The van der Waals surface area contributed by atoms with Crippen LogP contribution in [0, 0.1) is 5.41 Å². The van der Waals surface area contributed by atoms with Crippen molar-refractivity contribution in [2.45, 2.75) is 26.9 Å². The molecule has 196 valence electrons. The highest BCUT2D eigenvalue weighted by atomic mass is 32.1. The van der Waals surface area contributed by atoms with Gasteiger partial charge in [0.15, 0.2) is 23.9 Å². The lowest BCUT2D eigenvalue weighted by Gasteiger charge is -2.12. The predicted molar refractivity (Wildman–Crippen MR) is 135 cm³/mol. The Kier molecular flexibility index (Phi) is 8.27. The van der Waals surface area contributed by atoms with E-state index in [1.807, 2.05) is 0 Å². The number of alkyl halides is 3. The summed E-state index contributed by atoms with van der Waals surface area (Å²) in [4.78, 5) is 39.4. The standard InChI is InChI=1S/C26H25F3N2O5S/c1-25(2,3)21(32)13-23-31-24(34)20(37-23)11-15-8-9-18(19(10-15)35-4)36-14-22(33)30-17-7-5-6-16(12-17)26(27,28)29/h5-13H,14H2,1-4H3,(H,30,33)(H,31,34)/b20-11-,23-13-. The number of Topliss-reactive ketones (excluding diaryl/α,β-unsaturated/α-hetero) is 1. The number of methoxy groups -OCH3 is 1. The molecule has 0 unspecified atom stereocenters. The van der Waals surface area contributed by atoms with Gasteiger partial charge in [-0.2, -0.15) is 13.2 Å². The molecule has 1 amide bonds. The molecule has 0 aliphatic heterocycles. The van der Waals surface area contributed by atoms with E-state index in [4.69, 9.17) is 9.47 Å². The molecule has 7 nitrogen and oxygen atoms in total. The quantitative estimate of drug-likeness (QED) is 0.482. The Hall–Kier alpha value is -3.86. The second-order valence-electron chi connectivity index (χ2n) is 9.01. The molecule has 1 aromatic heterocycles. The molecular weight excluding hydrogens is 509 g/mol. The van der Waals surface area contributed by atoms with Crippen LogP contribution in [0.2, 0.25) is 0 Å². The zero-order chi connectivity index (χ0) is 27.4. The van der Waals surface area contributed by atoms with Gasteiger partial charge < -0.3 is 19.8 Å². The molecule has 0 aliphatic carbocycles. The fraction of sp³-hybridized carbons (Fsp3) is 0.269. The summed E-state index contributed by atoms with van der Waals surface area (Å²) in [5.74, 6) is -0.264. The first-order valence-electron chi connectivity index (χ1n) is 11.0. The van der Waals surface area contributed by atoms with Gasteiger partial charge in [-0.3, -0.25) is 14.4 Å². The van der Waals surface area contributed by atoms with Gasteiger partial charge in [0, 0.05) is 17.2 Å². The smallest absolute Gasteiger partial charge is 0.416 e. The van der Waals surface area contributed by atoms with E-state index >= 15 is 0 Å². The molecule has 0 radical (unpaired) electrons. The fourth-order valence-electron chi connectivity index (χ4n) is 3.02. The van der Waals surface area contributed by atoms with Gasteiger partial charge in [0.1, 0.15) is 0 Å². The molecular formula is C26H25F3N2O5S. The molecule has 2 N–H and O–H groups in total. The number of nitrogens with one attached hydrogen (secondary N) is 2. The number of halogens is 3. The Labute approximate surface area is 214 Å². The van der Waals surface area contributed by atoms with Crippen LogP contribution in [-0.4, -0.2) is 30.4 Å². The Balaban J connectivity index is 1.74. The third kappa shape index (κ3) is 7.56. The summed E-state index contributed by atoms with van der Waals surface area (Å²) < 4.78 is 50.2. The number of hydrogen-bond acceptors (Lipinski definition) is 6. The lowest BCUT2D eigenvalue weighted by molar-refractivity contribution is -0.137. The highest BCUT2D eigenvalue weighted by molar-refractivity contribution is 7.07. The highest BCUT2D eigenvalue weighted by Crippen LogP contribution is 2.31. The summed E-state index contributed by atoms with van der Waals surface area (Å²) in [5.41, 5.74) is -1.20. The summed E-state index contributed by atoms with van der Waals surface area (Å²) in [6, 6.07) is 9.06. The number of H-pyrrole nitrogens is 1. The molecule has 0 saturated carbocycles. The van der Waals surface area contributed by atoms with Crippen LogP contribution < -0.4 is 29.5 Å². The average molecular weight is 535 g/mol. The Morgan fingerprint density at radius 3 is 2.46 bits per heavy atom. The maximum absolute atomic E-state index is 12.9. The third-order valence-corrected chi connectivity index (χ3v) is 5.96. The van der Waals surface area contributed by atoms with E-state index in [2.05, 4.69) is 10.3 Å². The maximum Gasteiger partial charge on any atom is 0.416 e. The van der Waals surface area contributed by atoms with Crippen LogP contribution in [0.15, 0.2) is 47.3 Å². The zero-order valence-corrected chi connectivity index (χ0v) is 21.3. The topological polar surface area (TPSA) is 97.5 Å². The molecule has 1 heterocycles. The number of rotatable bonds is 7. The number of ether oxygens (including phenoxy) is 2. The predicted octanol–water partition coefficient (Wildman–Crippen LogP) is 3.71. The van der Waals surface area contributed by atoms with E-state index in [9.17, 15) is 27.6 Å². The van der Waals surface area contributed by atoms with Gasteiger partial charge in [-0.15, -0.1) is 11.3 Å². The summed E-state index contributed by atoms with van der Waals surface area (Å²) >= 11 is 1.14. The van der Waals surface area contributed by atoms with E-state index in [-0.39, 0.29) is 28.5 Å². The van der Waals surface area contributed by atoms with Crippen molar-refractivity contribution >= 4 is 40.9 Å². The Morgan fingerprint density at radius 1 is 1.08 bits per heavy atom. The van der Waals surface area contributed by atoms with Gasteiger partial charge in [0.05, 0.1) is 21.9 Å². The summed E-state index contributed by atoms with van der Waals surface area (Å²) in [7, 11) is 1.40. The van der Waals surface area contributed by atoms with Gasteiger partial charge in [-0.1, -0.05) is 32.9 Å². The van der Waals surface area contributed by atoms with Crippen LogP contribution in [0.1, 0.15) is 31.9 Å². The second kappa shape index (κ2) is 11.0. The van der Waals surface area contributed by atoms with Crippen LogP contribution in [0.3, 0.4) is 0 Å². The molecule has 0 bridgehead atoms. The summed E-state index contributed by atoms with van der Waals surface area (Å²) in [6.45, 7) is 4.89. The van der Waals surface area contributed by atoms with E-state index < -0.39 is 29.7 Å². The van der Waals surface area contributed by atoms with Crippen molar-refractivity contribution in [3.8, 4) is 11.5 Å². The number of thiazole rings is 1. The zero-order valence-electron chi connectivity index (χ0n) is 20.5. The van der Waals surface area contributed by atoms with Crippen LogP contribution in [0.25, 0.3) is 12.2 Å². The molecule has 3 aromatic rings. The first-order chi connectivity index (χ1) is 17.3. The van der Waals surface area contributed by atoms with E-state index in [1.54, 1.807) is 45.0 Å². The van der Waals surface area contributed by atoms with Gasteiger partial charge in [-0.05, 0) is 42.0 Å². The highest BCUT2D eigenvalue weighted by Gasteiger charge is 2.30. The molecule has 0 fully saturated rings. The van der Waals surface area contributed by atoms with E-state index in [0.717, 1.165) is 23.5 Å². The molecule has 2 aromatic carbocycles. The molecule has 0 spiro atoms. The maximum atomic E-state index is 12.9. The van der Waals surface area contributed by atoms with Crippen LogP contribution in [0.4, 0.5) is 18.9 Å². The largest absolute Gasteiger partial charge is 0.493 e. The van der Waals surface area contributed by atoms with Gasteiger partial charge in [0.25, 0.3) is 11.5 Å². The van der Waals surface area contributed by atoms with Gasteiger partial charge in [0.2, 0.25) is 0 Å². The van der Waals surface area contributed by atoms with Crippen LogP contribution in [0.5, 0.6) is 11.5 Å². The minimum atomic E-state index is -4.53. The molecule has 11 heteroatoms. The number of carbonyl (C=O) groups is 2. The van der Waals surface area contributed by atoms with E-state index in [0.29, 0.717) is 14.8 Å². The molecule has 37 heavy (non-hydrogen) atoms. The number of benzene rings is 2. The molecule has 0 saturated heterocycles. The van der Waals surface area contributed by atoms with Crippen molar-refractivity contribution < 1.29 is 32.2 Å². The number of amides is 1. The van der Waals surface area contributed by atoms with Crippen LogP contribution in [-0.2, 0) is 15.8 Å². The van der Waals surface area contributed by atoms with E-state index in [1.165, 1.54) is 25.3 Å². The number of ketones is 1. The van der Waals surface area contributed by atoms with Crippen molar-refractivity contribution in [2.24, 2.45) is 5.41 Å². The van der Waals surface area contributed by atoms with Gasteiger partial charge >= 0.3 is 6.18 Å². The number of aromatic nitrogens is 1. The lowest BCUT2D eigenvalue weighted by atomic mass is 9.91. The number of carbonyl (C=O) groups excluding carboxylic acids is 2. The average Bonchev–Trinajstić information content (AvgIpc) is 3.15. The first kappa shape index (κ1) is 27.7. The first-order valence-corrected chi connectivity index (χ1v) is 11.8. The van der Waals surface area contributed by atoms with Crippen LogP contribution >= 0.6 is 11.3 Å². The SMILES string of the molecule is COc1cc(/C=c2\s/c(=C\C(=O)C(C)(C)C)[nH]c2=O)ccc1OCC(=O)Nc1cccc(C(F)(F)F)c1. The van der Waals surface area contributed by atoms with Crippen molar-refractivity contribution in [1.82, 2.24) is 4.98 Å². The second-order valence-corrected chi connectivity index (χ2v) is 10.1. The minimum absolute atomic E-state index is 0.0117. The summed E-state index contributed by atoms with van der Waals surface area (Å²) in [6.07, 6.45) is -1.50. The van der Waals surface area contributed by atoms with Crippen molar-refractivity contribution in [1.29, 1.82) is 0 Å². The minimum Gasteiger partial charge on any atom is -0.493 e. The Bertz CT molecular complexity index is 1480. The van der Waals surface area contributed by atoms with Crippen molar-refractivity contribution in [3.05, 3.63) is 73.1 Å². The molecule has 0 atom stereocenters. The fourth-order valence-corrected chi connectivity index (χ4v) is 3.90. The Morgan fingerprint density at radius 2 is 1.81 bits per heavy atom. The van der Waals surface area contributed by atoms with Crippen molar-refractivity contribution in [2.75, 3.05) is 19.0 Å². The summed E-state index contributed by atoms with van der Waals surface area (Å²) in [5, 5.41) is 2.36. The number of aromatic amines is 1. The number of anilines is 1. The monoisotopic (exact) mass is 534 g/mol.